The Hall–Kier alpha value is -4.69. The molecule has 0 saturated carbocycles. The van der Waals surface area contributed by atoms with E-state index in [0.717, 1.165) is 31.3 Å². The van der Waals surface area contributed by atoms with E-state index in [-0.39, 0.29) is 41.3 Å². The molecule has 1 aromatic rings. The molecule has 0 radical (unpaired) electrons. The molecule has 2 heterocycles. The second kappa shape index (κ2) is 18.9. The smallest absolute Gasteiger partial charge is 0.405 e. The molecule has 3 aliphatic rings. The van der Waals surface area contributed by atoms with E-state index in [4.69, 9.17) is 19.9 Å². The standard InChI is InChI=1S/C40H52N4O9/c1-23-18-29-34(43-39(49)28-14-12-27(13-15-28)22-44-16-7-8-17-44)31(45)21-30(36(29)47)42-38(48)24(2)10-9-11-32(51-5)37(53-40(41)50)26(4)20-25(3)35(46)33(19-23)52-6/h9-15,20-21,23,25,32-33,35,37,46H,7-8,16-19,22H2,1-6H3,(H2,41,50)(H,42,48)(H,43,49)/b11-9-,24-10+,26-20+/t23-,25+,32+,33+,35-,37+/m1/s1. The number of ketones is 2. The number of carbonyl (C=O) groups is 5. The van der Waals surface area contributed by atoms with Gasteiger partial charge in [-0.2, -0.15) is 0 Å². The van der Waals surface area contributed by atoms with Gasteiger partial charge in [-0.15, -0.1) is 0 Å². The molecule has 3 amide bonds. The summed E-state index contributed by atoms with van der Waals surface area (Å²) in [6.45, 7) is 9.74. The number of methoxy groups -OCH3 is 2. The Morgan fingerprint density at radius 2 is 1.72 bits per heavy atom. The van der Waals surface area contributed by atoms with Gasteiger partial charge in [-0.1, -0.05) is 50.3 Å². The molecule has 4 rings (SSSR count). The number of rotatable bonds is 7. The van der Waals surface area contributed by atoms with Crippen LogP contribution in [0.25, 0.3) is 0 Å². The number of carbonyl (C=O) groups excluding carboxylic acids is 5. The van der Waals surface area contributed by atoms with Crippen molar-refractivity contribution in [3.8, 4) is 0 Å². The van der Waals surface area contributed by atoms with E-state index in [9.17, 15) is 29.1 Å². The molecule has 1 aliphatic carbocycles. The molecule has 0 aromatic heterocycles. The number of nitrogens with one attached hydrogen (secondary N) is 2. The average Bonchev–Trinajstić information content (AvgIpc) is 3.64. The van der Waals surface area contributed by atoms with Crippen LogP contribution in [0.4, 0.5) is 4.79 Å². The third kappa shape index (κ3) is 10.9. The largest absolute Gasteiger partial charge is 0.439 e. The van der Waals surface area contributed by atoms with Crippen LogP contribution < -0.4 is 16.4 Å². The van der Waals surface area contributed by atoms with Crippen molar-refractivity contribution in [2.24, 2.45) is 17.6 Å². The molecule has 13 heteroatoms. The van der Waals surface area contributed by atoms with Gasteiger partial charge in [0, 0.05) is 49.5 Å². The van der Waals surface area contributed by atoms with Crippen LogP contribution in [-0.2, 0) is 35.1 Å². The second-order valence-electron chi connectivity index (χ2n) is 14.1. The van der Waals surface area contributed by atoms with Gasteiger partial charge in [0.15, 0.2) is 6.10 Å². The molecule has 1 saturated heterocycles. The van der Waals surface area contributed by atoms with Gasteiger partial charge in [-0.25, -0.2) is 4.79 Å². The minimum atomic E-state index is -1.03. The highest BCUT2D eigenvalue weighted by Crippen LogP contribution is 2.29. The van der Waals surface area contributed by atoms with Crippen molar-refractivity contribution >= 4 is 29.5 Å². The number of ether oxygens (including phenoxy) is 3. The Bertz CT molecular complexity index is 1700. The lowest BCUT2D eigenvalue weighted by molar-refractivity contribution is -0.120. The van der Waals surface area contributed by atoms with E-state index in [0.29, 0.717) is 11.1 Å². The number of fused-ring (bicyclic) bond motifs is 2. The van der Waals surface area contributed by atoms with Gasteiger partial charge < -0.3 is 35.7 Å². The number of amides is 3. The van der Waals surface area contributed by atoms with Crippen molar-refractivity contribution in [1.82, 2.24) is 15.5 Å². The number of Topliss-reactive ketones (excluding diaryl/α,β-unsaturated/α-hetero) is 1. The molecular weight excluding hydrogens is 680 g/mol. The zero-order valence-corrected chi connectivity index (χ0v) is 31.3. The molecule has 1 fully saturated rings. The van der Waals surface area contributed by atoms with Crippen LogP contribution in [-0.4, -0.2) is 91.2 Å². The first-order chi connectivity index (χ1) is 25.2. The van der Waals surface area contributed by atoms with Gasteiger partial charge in [0.2, 0.25) is 11.6 Å². The monoisotopic (exact) mass is 732 g/mol. The molecule has 0 spiro atoms. The Morgan fingerprint density at radius 1 is 1.04 bits per heavy atom. The van der Waals surface area contributed by atoms with Crippen LogP contribution in [0.3, 0.4) is 0 Å². The van der Waals surface area contributed by atoms with E-state index in [2.05, 4.69) is 15.5 Å². The lowest BCUT2D eigenvalue weighted by Gasteiger charge is -2.30. The lowest BCUT2D eigenvalue weighted by atomic mass is 9.85. The maximum atomic E-state index is 14.0. The number of likely N-dealkylation sites (tertiary alicyclic amines) is 1. The van der Waals surface area contributed by atoms with Gasteiger partial charge in [-0.05, 0) is 81.8 Å². The highest BCUT2D eigenvalue weighted by molar-refractivity contribution is 6.24. The highest BCUT2D eigenvalue weighted by Gasteiger charge is 2.34. The van der Waals surface area contributed by atoms with E-state index < -0.39 is 59.8 Å². The van der Waals surface area contributed by atoms with E-state index in [1.807, 2.05) is 19.1 Å². The van der Waals surface area contributed by atoms with Gasteiger partial charge in [-0.3, -0.25) is 24.1 Å². The zero-order valence-electron chi connectivity index (χ0n) is 31.3. The van der Waals surface area contributed by atoms with Crippen molar-refractivity contribution < 1.29 is 43.3 Å². The number of benzene rings is 1. The normalized spacial score (nSPS) is 29.3. The molecule has 2 aliphatic heterocycles. The fourth-order valence-electron chi connectivity index (χ4n) is 6.87. The van der Waals surface area contributed by atoms with Crippen LogP contribution in [0, 0.1) is 11.8 Å². The third-order valence-electron chi connectivity index (χ3n) is 9.85. The zero-order chi connectivity index (χ0) is 38.8. The Labute approximate surface area is 311 Å². The summed E-state index contributed by atoms with van der Waals surface area (Å²) in [5.41, 5.74) is 7.15. The van der Waals surface area contributed by atoms with Crippen molar-refractivity contribution in [2.75, 3.05) is 27.3 Å². The summed E-state index contributed by atoms with van der Waals surface area (Å²) in [6, 6.07) is 7.15. The van der Waals surface area contributed by atoms with Crippen molar-refractivity contribution in [1.29, 1.82) is 0 Å². The third-order valence-corrected chi connectivity index (χ3v) is 9.85. The number of aliphatic hydroxyl groups is 1. The summed E-state index contributed by atoms with van der Waals surface area (Å²) in [4.78, 5) is 68.6. The summed E-state index contributed by atoms with van der Waals surface area (Å²) < 4.78 is 16.7. The SMILES string of the molecule is CO[C@H]1/C=C\C=C(/C)C(=O)NC2=CC(=O)C(NC(=O)c3ccc(CN4CCCC4)cc3)=C(C[C@@H](C)C[C@H](OC)[C@H](O)[C@@H](C)/C=C(\C)[C@@H]1OC(N)=O)C2=O. The summed E-state index contributed by atoms with van der Waals surface area (Å²) in [5, 5.41) is 16.7. The van der Waals surface area contributed by atoms with Crippen LogP contribution in [0.15, 0.2) is 82.8 Å². The number of primary amides is 1. The van der Waals surface area contributed by atoms with Gasteiger partial charge >= 0.3 is 6.09 Å². The Morgan fingerprint density at radius 3 is 2.34 bits per heavy atom. The fourth-order valence-corrected chi connectivity index (χ4v) is 6.87. The molecule has 2 bridgehead atoms. The number of aliphatic hydroxyl groups excluding tert-OH is 1. The van der Waals surface area contributed by atoms with Crippen LogP contribution in [0.2, 0.25) is 0 Å². The quantitative estimate of drug-likeness (QED) is 0.238. The molecule has 5 N–H and O–H groups in total. The molecular formula is C40H52N4O9. The second-order valence-corrected chi connectivity index (χ2v) is 14.1. The first-order valence-electron chi connectivity index (χ1n) is 17.9. The molecule has 1 aromatic carbocycles. The van der Waals surface area contributed by atoms with Crippen molar-refractivity contribution in [3.05, 3.63) is 93.9 Å². The summed E-state index contributed by atoms with van der Waals surface area (Å²) in [6.07, 6.45) is 5.43. The molecule has 0 unspecified atom stereocenters. The predicted octanol–water partition coefficient (Wildman–Crippen LogP) is 3.79. The first kappa shape index (κ1) is 41.1. The number of hydrogen-bond acceptors (Lipinski definition) is 10. The number of nitrogens with zero attached hydrogens (tertiary/aromatic N) is 1. The maximum absolute atomic E-state index is 14.0. The van der Waals surface area contributed by atoms with E-state index >= 15 is 0 Å². The topological polar surface area (TPSA) is 187 Å². The fraction of sp³-hybridized carbons (Fsp3) is 0.475. The summed E-state index contributed by atoms with van der Waals surface area (Å²) in [5.74, 6) is -3.29. The van der Waals surface area contributed by atoms with Crippen LogP contribution in [0.5, 0.6) is 0 Å². The minimum absolute atomic E-state index is 0.0274. The molecule has 6 atom stereocenters. The Kier molecular flexibility index (Phi) is 14.6. The van der Waals surface area contributed by atoms with Crippen molar-refractivity contribution in [3.63, 3.8) is 0 Å². The number of allylic oxidation sites excluding steroid dienone is 4. The predicted molar refractivity (Wildman–Crippen MR) is 198 cm³/mol. The molecule has 286 valence electrons. The van der Waals surface area contributed by atoms with Crippen LogP contribution >= 0.6 is 0 Å². The maximum Gasteiger partial charge on any atom is 0.405 e. The molecule has 13 nitrogen and oxygen atoms in total. The van der Waals surface area contributed by atoms with Crippen LogP contribution in [0.1, 0.15) is 69.3 Å². The first-order valence-corrected chi connectivity index (χ1v) is 17.9. The van der Waals surface area contributed by atoms with Gasteiger partial charge in [0.1, 0.15) is 6.10 Å². The minimum Gasteiger partial charge on any atom is -0.439 e. The van der Waals surface area contributed by atoms with Gasteiger partial charge in [0.05, 0.1) is 23.6 Å². The Balaban J connectivity index is 1.68. The molecule has 53 heavy (non-hydrogen) atoms. The lowest BCUT2D eigenvalue weighted by Crippen LogP contribution is -2.38. The van der Waals surface area contributed by atoms with Gasteiger partial charge in [0.25, 0.3) is 11.8 Å². The number of hydrogen-bond donors (Lipinski definition) is 4. The summed E-state index contributed by atoms with van der Waals surface area (Å²) >= 11 is 0. The van der Waals surface area contributed by atoms with Crippen molar-refractivity contribution in [2.45, 2.75) is 84.3 Å². The van der Waals surface area contributed by atoms with E-state index in [1.54, 1.807) is 38.1 Å². The summed E-state index contributed by atoms with van der Waals surface area (Å²) in [7, 11) is 2.89. The average molecular weight is 733 g/mol. The highest BCUT2D eigenvalue weighted by atomic mass is 16.6. The van der Waals surface area contributed by atoms with E-state index in [1.165, 1.54) is 46.1 Å². The number of nitrogens with two attached hydrogens (primary N) is 1.